The summed E-state index contributed by atoms with van der Waals surface area (Å²) in [6.45, 7) is 4.48. The molecule has 1 saturated heterocycles. The number of ether oxygens (including phenoxy) is 2. The molecule has 2 rings (SSSR count). The van der Waals surface area contributed by atoms with E-state index in [1.807, 2.05) is 19.1 Å². The maximum Gasteiger partial charge on any atom is 0.131 e. The molecular formula is C15H22FNO2. The lowest BCUT2D eigenvalue weighted by atomic mass is 9.93. The average molecular weight is 267 g/mol. The van der Waals surface area contributed by atoms with E-state index >= 15 is 0 Å². The van der Waals surface area contributed by atoms with Crippen LogP contribution < -0.4 is 10.1 Å². The van der Waals surface area contributed by atoms with E-state index in [0.29, 0.717) is 11.7 Å². The number of rotatable bonds is 6. The van der Waals surface area contributed by atoms with E-state index in [1.54, 1.807) is 7.11 Å². The molecular weight excluding hydrogens is 245 g/mol. The molecule has 0 aliphatic carbocycles. The van der Waals surface area contributed by atoms with Crippen molar-refractivity contribution in [1.29, 1.82) is 0 Å². The number of benzene rings is 1. The van der Waals surface area contributed by atoms with Crippen LogP contribution in [0.3, 0.4) is 0 Å². The number of methoxy groups -OCH3 is 1. The van der Waals surface area contributed by atoms with Gasteiger partial charge in [-0.2, -0.15) is 0 Å². The molecule has 0 aromatic heterocycles. The Morgan fingerprint density at radius 2 is 2.37 bits per heavy atom. The highest BCUT2D eigenvalue weighted by Crippen LogP contribution is 2.29. The van der Waals surface area contributed by atoms with Crippen molar-refractivity contribution in [3.05, 3.63) is 29.6 Å². The molecule has 0 saturated carbocycles. The van der Waals surface area contributed by atoms with Crippen molar-refractivity contribution in [1.82, 2.24) is 5.32 Å². The van der Waals surface area contributed by atoms with Crippen molar-refractivity contribution < 1.29 is 13.9 Å². The van der Waals surface area contributed by atoms with Gasteiger partial charge in [0, 0.05) is 30.9 Å². The maximum atomic E-state index is 14.1. The summed E-state index contributed by atoms with van der Waals surface area (Å²) in [4.78, 5) is 0. The Kier molecular flexibility index (Phi) is 5.16. The molecule has 1 aliphatic rings. The molecule has 4 heteroatoms. The summed E-state index contributed by atoms with van der Waals surface area (Å²) in [6.07, 6.45) is 1.98. The fraction of sp³-hybridized carbons (Fsp3) is 0.600. The van der Waals surface area contributed by atoms with E-state index < -0.39 is 0 Å². The SMILES string of the molecule is CCNC(CC1CCOC1)c1ccc(OC)cc1F. The standard InChI is InChI=1S/C15H22FNO2/c1-3-17-15(8-11-6-7-19-10-11)13-5-4-12(18-2)9-14(13)16/h4-5,9,11,15,17H,3,6-8,10H2,1-2H3. The summed E-state index contributed by atoms with van der Waals surface area (Å²) < 4.78 is 24.6. The van der Waals surface area contributed by atoms with Gasteiger partial charge in [0.2, 0.25) is 0 Å². The summed E-state index contributed by atoms with van der Waals surface area (Å²) in [5.41, 5.74) is 0.717. The Balaban J connectivity index is 2.12. The van der Waals surface area contributed by atoms with Crippen molar-refractivity contribution in [2.75, 3.05) is 26.9 Å². The van der Waals surface area contributed by atoms with Crippen LogP contribution in [0.2, 0.25) is 0 Å². The smallest absolute Gasteiger partial charge is 0.131 e. The molecule has 1 fully saturated rings. The fourth-order valence-electron chi connectivity index (χ4n) is 2.59. The lowest BCUT2D eigenvalue weighted by molar-refractivity contribution is 0.181. The first-order valence-electron chi connectivity index (χ1n) is 6.89. The molecule has 2 atom stereocenters. The van der Waals surface area contributed by atoms with Gasteiger partial charge in [-0.3, -0.25) is 0 Å². The summed E-state index contributed by atoms with van der Waals surface area (Å²) in [6, 6.07) is 5.12. The zero-order valence-electron chi connectivity index (χ0n) is 11.6. The molecule has 0 spiro atoms. The van der Waals surface area contributed by atoms with E-state index in [4.69, 9.17) is 9.47 Å². The molecule has 1 aromatic carbocycles. The van der Waals surface area contributed by atoms with Gasteiger partial charge >= 0.3 is 0 Å². The van der Waals surface area contributed by atoms with E-state index in [1.165, 1.54) is 6.07 Å². The zero-order chi connectivity index (χ0) is 13.7. The Hall–Kier alpha value is -1.13. The quantitative estimate of drug-likeness (QED) is 0.859. The second-order valence-corrected chi connectivity index (χ2v) is 4.96. The van der Waals surface area contributed by atoms with Crippen LogP contribution in [0.5, 0.6) is 5.75 Å². The number of nitrogens with one attached hydrogen (secondary N) is 1. The highest BCUT2D eigenvalue weighted by atomic mass is 19.1. The van der Waals surface area contributed by atoms with Crippen LogP contribution in [0.4, 0.5) is 4.39 Å². The molecule has 19 heavy (non-hydrogen) atoms. The lowest BCUT2D eigenvalue weighted by Crippen LogP contribution is -2.24. The normalized spacial score (nSPS) is 20.5. The second kappa shape index (κ2) is 6.87. The molecule has 1 N–H and O–H groups in total. The van der Waals surface area contributed by atoms with Gasteiger partial charge in [0.15, 0.2) is 0 Å². The third-order valence-corrected chi connectivity index (χ3v) is 3.63. The molecule has 3 nitrogen and oxygen atoms in total. The molecule has 2 unspecified atom stereocenters. The predicted octanol–water partition coefficient (Wildman–Crippen LogP) is 2.91. The Morgan fingerprint density at radius 1 is 1.53 bits per heavy atom. The molecule has 1 aliphatic heterocycles. The Labute approximate surface area is 114 Å². The average Bonchev–Trinajstić information content (AvgIpc) is 2.91. The third kappa shape index (κ3) is 3.67. The fourth-order valence-corrected chi connectivity index (χ4v) is 2.59. The van der Waals surface area contributed by atoms with E-state index in [-0.39, 0.29) is 11.9 Å². The number of hydrogen-bond acceptors (Lipinski definition) is 3. The Bertz CT molecular complexity index is 405. The highest BCUT2D eigenvalue weighted by Gasteiger charge is 2.23. The molecule has 1 heterocycles. The predicted molar refractivity (Wildman–Crippen MR) is 72.9 cm³/mol. The van der Waals surface area contributed by atoms with Gasteiger partial charge in [0.1, 0.15) is 11.6 Å². The van der Waals surface area contributed by atoms with Crippen molar-refractivity contribution in [2.45, 2.75) is 25.8 Å². The van der Waals surface area contributed by atoms with Crippen molar-refractivity contribution in [2.24, 2.45) is 5.92 Å². The largest absolute Gasteiger partial charge is 0.497 e. The summed E-state index contributed by atoms with van der Waals surface area (Å²) in [5.74, 6) is 0.871. The summed E-state index contributed by atoms with van der Waals surface area (Å²) >= 11 is 0. The van der Waals surface area contributed by atoms with Crippen LogP contribution in [0.1, 0.15) is 31.4 Å². The van der Waals surface area contributed by atoms with Crippen LogP contribution >= 0.6 is 0 Å². The monoisotopic (exact) mass is 267 g/mol. The molecule has 1 aromatic rings. The maximum absolute atomic E-state index is 14.1. The number of hydrogen-bond donors (Lipinski definition) is 1. The van der Waals surface area contributed by atoms with E-state index in [0.717, 1.165) is 38.2 Å². The summed E-state index contributed by atoms with van der Waals surface area (Å²) in [5, 5.41) is 3.37. The van der Waals surface area contributed by atoms with Gasteiger partial charge in [-0.05, 0) is 31.4 Å². The van der Waals surface area contributed by atoms with Gasteiger partial charge in [-0.1, -0.05) is 13.0 Å². The highest BCUT2D eigenvalue weighted by molar-refractivity contribution is 5.31. The minimum absolute atomic E-state index is 0.0441. The zero-order valence-corrected chi connectivity index (χ0v) is 11.6. The topological polar surface area (TPSA) is 30.5 Å². The van der Waals surface area contributed by atoms with Crippen LogP contribution in [-0.4, -0.2) is 26.9 Å². The third-order valence-electron chi connectivity index (χ3n) is 3.63. The lowest BCUT2D eigenvalue weighted by Gasteiger charge is -2.22. The molecule has 0 bridgehead atoms. The van der Waals surface area contributed by atoms with Crippen LogP contribution in [0.15, 0.2) is 18.2 Å². The van der Waals surface area contributed by atoms with Crippen molar-refractivity contribution >= 4 is 0 Å². The van der Waals surface area contributed by atoms with Gasteiger partial charge < -0.3 is 14.8 Å². The van der Waals surface area contributed by atoms with Gasteiger partial charge in [-0.25, -0.2) is 4.39 Å². The Morgan fingerprint density at radius 3 is 2.95 bits per heavy atom. The minimum atomic E-state index is -0.204. The first-order chi connectivity index (χ1) is 9.24. The van der Waals surface area contributed by atoms with Crippen molar-refractivity contribution in [3.8, 4) is 5.75 Å². The van der Waals surface area contributed by atoms with Crippen molar-refractivity contribution in [3.63, 3.8) is 0 Å². The van der Waals surface area contributed by atoms with E-state index in [2.05, 4.69) is 5.32 Å². The first-order valence-corrected chi connectivity index (χ1v) is 6.89. The molecule has 106 valence electrons. The molecule has 0 amide bonds. The molecule has 0 radical (unpaired) electrons. The first kappa shape index (κ1) is 14.3. The van der Waals surface area contributed by atoms with E-state index in [9.17, 15) is 4.39 Å². The van der Waals surface area contributed by atoms with Gasteiger partial charge in [0.25, 0.3) is 0 Å². The van der Waals surface area contributed by atoms with Crippen LogP contribution in [0.25, 0.3) is 0 Å². The minimum Gasteiger partial charge on any atom is -0.497 e. The summed E-state index contributed by atoms with van der Waals surface area (Å²) in [7, 11) is 1.55. The van der Waals surface area contributed by atoms with Gasteiger partial charge in [0.05, 0.1) is 7.11 Å². The second-order valence-electron chi connectivity index (χ2n) is 4.96. The van der Waals surface area contributed by atoms with Gasteiger partial charge in [-0.15, -0.1) is 0 Å². The van der Waals surface area contributed by atoms with Crippen LogP contribution in [-0.2, 0) is 4.74 Å². The number of halogens is 1. The van der Waals surface area contributed by atoms with Crippen LogP contribution in [0, 0.1) is 11.7 Å².